The Hall–Kier alpha value is -1.86. The molecule has 0 radical (unpaired) electrons. The number of nitrogens with zero attached hydrogens (tertiary/aromatic N) is 1. The summed E-state index contributed by atoms with van der Waals surface area (Å²) in [6, 6.07) is -0.720. The van der Waals surface area contributed by atoms with Crippen molar-refractivity contribution in [3.05, 3.63) is 23.8 Å². The van der Waals surface area contributed by atoms with Crippen LogP contribution in [0.2, 0.25) is 0 Å². The van der Waals surface area contributed by atoms with Crippen LogP contribution in [0.25, 0.3) is 0 Å². The third-order valence-electron chi connectivity index (χ3n) is 11.2. The van der Waals surface area contributed by atoms with Crippen LogP contribution in [0.4, 0.5) is 0 Å². The molecule has 54 heavy (non-hydrogen) atoms. The molecule has 0 amide bonds. The van der Waals surface area contributed by atoms with Crippen LogP contribution in [0.5, 0.6) is 0 Å². The number of hydrogen-bond donors (Lipinski definition) is 5. The van der Waals surface area contributed by atoms with Crippen molar-refractivity contribution in [1.29, 1.82) is 0 Å². The van der Waals surface area contributed by atoms with Gasteiger partial charge < -0.3 is 63.6 Å². The second-order valence-electron chi connectivity index (χ2n) is 15.5. The van der Waals surface area contributed by atoms with Crippen LogP contribution in [0.3, 0.4) is 0 Å². The van der Waals surface area contributed by atoms with E-state index in [1.54, 1.807) is 52.8 Å². The number of hydrogen-bond acceptors (Lipinski definition) is 15. The molecule has 3 aliphatic rings. The Morgan fingerprint density at radius 3 is 2.09 bits per heavy atom. The first kappa shape index (κ1) is 46.5. The highest BCUT2D eigenvalue weighted by Gasteiger charge is 2.48. The predicted molar refractivity (Wildman–Crippen MR) is 197 cm³/mol. The monoisotopic (exact) mass is 773 g/mol. The summed E-state index contributed by atoms with van der Waals surface area (Å²) in [5.74, 6) is -3.09. The normalized spacial score (nSPS) is 43.7. The largest absolute Gasteiger partial charge is 0.462 e. The number of rotatable bonds is 11. The number of ether oxygens (including phenoxy) is 7. The molecule has 5 N–H and O–H groups in total. The van der Waals surface area contributed by atoms with E-state index in [2.05, 4.69) is 0 Å². The molecule has 15 heteroatoms. The number of allylic oxidation sites excluding steroid dienone is 3. The van der Waals surface area contributed by atoms with E-state index in [1.807, 2.05) is 19.9 Å². The van der Waals surface area contributed by atoms with Gasteiger partial charge in [0.05, 0.1) is 49.6 Å². The molecule has 0 spiro atoms. The van der Waals surface area contributed by atoms with Gasteiger partial charge in [0.25, 0.3) is 0 Å². The van der Waals surface area contributed by atoms with Gasteiger partial charge in [-0.3, -0.25) is 9.59 Å². The van der Waals surface area contributed by atoms with Crippen molar-refractivity contribution >= 4 is 11.8 Å². The zero-order valence-corrected chi connectivity index (χ0v) is 33.6. The summed E-state index contributed by atoms with van der Waals surface area (Å²) in [5.41, 5.74) is 0.717. The zero-order chi connectivity index (χ0) is 40.4. The van der Waals surface area contributed by atoms with E-state index < -0.39 is 109 Å². The second-order valence-corrected chi connectivity index (χ2v) is 15.5. The van der Waals surface area contributed by atoms with E-state index in [9.17, 15) is 35.1 Å². The van der Waals surface area contributed by atoms with Crippen molar-refractivity contribution in [1.82, 2.24) is 4.90 Å². The van der Waals surface area contributed by atoms with E-state index in [0.717, 1.165) is 0 Å². The molecule has 0 aromatic rings. The molecular weight excluding hydrogens is 706 g/mol. The van der Waals surface area contributed by atoms with Crippen molar-refractivity contribution in [2.45, 2.75) is 147 Å². The van der Waals surface area contributed by atoms with Crippen LogP contribution >= 0.6 is 0 Å². The summed E-state index contributed by atoms with van der Waals surface area (Å²) in [6.45, 7) is 10.3. The first-order valence-electron chi connectivity index (χ1n) is 19.2. The Balaban J connectivity index is 1.96. The molecule has 0 aromatic carbocycles. The third-order valence-corrected chi connectivity index (χ3v) is 11.2. The minimum Gasteiger partial charge on any atom is -0.462 e. The highest BCUT2D eigenvalue weighted by molar-refractivity contribution is 5.91. The van der Waals surface area contributed by atoms with E-state index in [-0.39, 0.29) is 38.3 Å². The summed E-state index contributed by atoms with van der Waals surface area (Å²) >= 11 is 0. The number of carbonyl (C=O) groups is 2. The molecule has 0 unspecified atom stereocenters. The Labute approximate surface area is 320 Å². The van der Waals surface area contributed by atoms with Crippen molar-refractivity contribution < 1.29 is 68.3 Å². The maximum absolute atomic E-state index is 13.6. The minimum absolute atomic E-state index is 0.0214. The number of carbonyl (C=O) groups excluding carboxylic acids is 2. The zero-order valence-electron chi connectivity index (χ0n) is 33.6. The maximum Gasteiger partial charge on any atom is 0.308 e. The van der Waals surface area contributed by atoms with Crippen LogP contribution in [0, 0.1) is 23.7 Å². The molecule has 3 rings (SSSR count). The highest BCUT2D eigenvalue weighted by Crippen LogP contribution is 2.35. The molecule has 0 aliphatic carbocycles. The van der Waals surface area contributed by atoms with Crippen molar-refractivity contribution in [2.75, 3.05) is 41.5 Å². The fraction of sp³-hybridized carbons (Fsp3) is 0.846. The maximum atomic E-state index is 13.6. The number of methoxy groups -OCH3 is 2. The number of ketones is 1. The number of likely N-dealkylation sites (N-methyl/N-ethyl adjacent to an activating group) is 1. The van der Waals surface area contributed by atoms with E-state index >= 15 is 0 Å². The quantitative estimate of drug-likeness (QED) is 0.188. The lowest BCUT2D eigenvalue weighted by Crippen LogP contribution is -2.63. The first-order chi connectivity index (χ1) is 25.5. The van der Waals surface area contributed by atoms with Crippen LogP contribution in [-0.2, 0) is 42.7 Å². The standard InChI is InChI=1S/C39H67NO14/c1-11-29-26(19-50-39-37(49-10)36(48-9)33(46)24(6)52-39)16-20(2)12-13-27(42)21(3)17-25(14-15-41)35(22(4)28(43)18-30(44)53-29)54-38-34(47)31(40(7)8)32(45)23(5)51-38/h12-13,16,21-26,28-29,31-39,41,43,45-47H,11,14-15,17-19H2,1-10H3/b13-12+,20-16+/t21-,22+,23-,24-,25+,26-,28-,29-,31+,32-,33-,34-,35-,36-,37-,38+,39-/m1/s1. The summed E-state index contributed by atoms with van der Waals surface area (Å²) in [6.07, 6.45) is -5.44. The minimum atomic E-state index is -1.28. The number of aliphatic hydroxyl groups is 5. The Kier molecular flexibility index (Phi) is 18.6. The topological polar surface area (TPSA) is 203 Å². The molecule has 2 fully saturated rings. The highest BCUT2D eigenvalue weighted by atomic mass is 16.7. The van der Waals surface area contributed by atoms with Gasteiger partial charge in [0.1, 0.15) is 30.5 Å². The van der Waals surface area contributed by atoms with Gasteiger partial charge in [0.2, 0.25) is 0 Å². The third kappa shape index (κ3) is 11.8. The molecule has 312 valence electrons. The fourth-order valence-electron chi connectivity index (χ4n) is 7.85. The number of aliphatic hydroxyl groups excluding tert-OH is 5. The van der Waals surface area contributed by atoms with Gasteiger partial charge in [-0.2, -0.15) is 0 Å². The first-order valence-corrected chi connectivity index (χ1v) is 19.2. The molecule has 3 heterocycles. The molecule has 0 saturated carbocycles. The lowest BCUT2D eigenvalue weighted by atomic mass is 9.79. The molecule has 0 aromatic heterocycles. The Morgan fingerprint density at radius 1 is 0.870 bits per heavy atom. The van der Waals surface area contributed by atoms with Gasteiger partial charge in [0, 0.05) is 38.6 Å². The number of esters is 1. The molecule has 15 nitrogen and oxygen atoms in total. The number of cyclic esters (lactones) is 1. The van der Waals surface area contributed by atoms with Crippen LogP contribution in [0.1, 0.15) is 67.2 Å². The van der Waals surface area contributed by atoms with E-state index in [4.69, 9.17) is 33.2 Å². The van der Waals surface area contributed by atoms with Crippen molar-refractivity contribution in [3.8, 4) is 0 Å². The molecule has 3 aliphatic heterocycles. The van der Waals surface area contributed by atoms with E-state index in [0.29, 0.717) is 12.0 Å². The summed E-state index contributed by atoms with van der Waals surface area (Å²) < 4.78 is 41.7. The van der Waals surface area contributed by atoms with Crippen LogP contribution < -0.4 is 0 Å². The summed E-state index contributed by atoms with van der Waals surface area (Å²) in [5, 5.41) is 54.4. The Bertz CT molecular complexity index is 1230. The average Bonchev–Trinajstić information content (AvgIpc) is 3.12. The second kappa shape index (κ2) is 21.6. The molecule has 17 atom stereocenters. The van der Waals surface area contributed by atoms with Crippen molar-refractivity contribution in [3.63, 3.8) is 0 Å². The van der Waals surface area contributed by atoms with E-state index in [1.165, 1.54) is 20.3 Å². The molecular formula is C39H67NO14. The van der Waals surface area contributed by atoms with Crippen LogP contribution in [0.15, 0.2) is 23.8 Å². The Morgan fingerprint density at radius 2 is 1.50 bits per heavy atom. The summed E-state index contributed by atoms with van der Waals surface area (Å²) in [7, 11) is 6.40. The van der Waals surface area contributed by atoms with Gasteiger partial charge >= 0.3 is 5.97 Å². The average molecular weight is 774 g/mol. The van der Waals surface area contributed by atoms with Gasteiger partial charge in [-0.05, 0) is 66.1 Å². The van der Waals surface area contributed by atoms with Gasteiger partial charge in [-0.15, -0.1) is 0 Å². The van der Waals surface area contributed by atoms with Crippen molar-refractivity contribution in [2.24, 2.45) is 23.7 Å². The van der Waals surface area contributed by atoms with Crippen LogP contribution in [-0.4, -0.2) is 163 Å². The predicted octanol–water partition coefficient (Wildman–Crippen LogP) is 1.36. The summed E-state index contributed by atoms with van der Waals surface area (Å²) in [4.78, 5) is 28.8. The van der Waals surface area contributed by atoms with Gasteiger partial charge in [0.15, 0.2) is 18.4 Å². The lowest BCUT2D eigenvalue weighted by molar-refractivity contribution is -0.304. The molecule has 0 bridgehead atoms. The molecule has 2 saturated heterocycles. The SMILES string of the molecule is CC[C@H]1OC(=O)C[C@@H](O)[C@H](C)[C@@H](O[C@@H]2O[C@H](C)[C@@H](O)[C@H](N(C)C)[C@H]2O)[C@@H](CCO)C[C@@H](C)C(=O)/C=C/C(C)=C/[C@@H]1CO[C@@H]1O[C@H](C)[C@@H](O)[C@@H](OC)[C@H]1OC. The smallest absolute Gasteiger partial charge is 0.308 e. The lowest BCUT2D eigenvalue weighted by Gasteiger charge is -2.46. The van der Waals surface area contributed by atoms with Gasteiger partial charge in [-0.1, -0.05) is 38.5 Å². The fourth-order valence-corrected chi connectivity index (χ4v) is 7.85. The van der Waals surface area contributed by atoms with Gasteiger partial charge in [-0.25, -0.2) is 0 Å².